The Bertz CT molecular complexity index is 940. The van der Waals surface area contributed by atoms with E-state index < -0.39 is 16.9 Å². The maximum absolute atomic E-state index is 13.7. The number of carbonyl (C=O) groups excluding carboxylic acids is 2. The van der Waals surface area contributed by atoms with Crippen LogP contribution in [0.1, 0.15) is 43.9 Å². The van der Waals surface area contributed by atoms with Gasteiger partial charge in [-0.2, -0.15) is 0 Å². The smallest absolute Gasteiger partial charge is 0.312 e. The highest BCUT2D eigenvalue weighted by atomic mass is 16.5. The van der Waals surface area contributed by atoms with Crippen LogP contribution in [0.4, 0.5) is 0 Å². The van der Waals surface area contributed by atoms with Gasteiger partial charge in [-0.3, -0.25) is 9.59 Å². The van der Waals surface area contributed by atoms with Crippen LogP contribution in [0, 0.1) is 10.8 Å². The van der Waals surface area contributed by atoms with Crippen molar-refractivity contribution in [3.63, 3.8) is 0 Å². The van der Waals surface area contributed by atoms with Crippen molar-refractivity contribution >= 4 is 17.3 Å². The van der Waals surface area contributed by atoms with Crippen LogP contribution in [-0.4, -0.2) is 18.9 Å². The highest BCUT2D eigenvalue weighted by Crippen LogP contribution is 2.58. The van der Waals surface area contributed by atoms with E-state index in [-0.39, 0.29) is 11.8 Å². The average Bonchev–Trinajstić information content (AvgIpc) is 3.02. The Hall–Kier alpha value is -2.88. The van der Waals surface area contributed by atoms with Gasteiger partial charge >= 0.3 is 5.97 Å². The minimum absolute atomic E-state index is 0.0556. The molecule has 0 N–H and O–H groups in total. The van der Waals surface area contributed by atoms with Gasteiger partial charge in [-0.05, 0) is 49.9 Å². The molecule has 2 aliphatic rings. The monoisotopic (exact) mass is 376 g/mol. The average molecular weight is 376 g/mol. The predicted molar refractivity (Wildman–Crippen MR) is 107 cm³/mol. The molecule has 4 heteroatoms. The number of hydrogen-bond donors (Lipinski definition) is 0. The first-order valence-electron chi connectivity index (χ1n) is 9.53. The zero-order valence-electron chi connectivity index (χ0n) is 16.4. The zero-order chi connectivity index (χ0) is 19.9. The van der Waals surface area contributed by atoms with Crippen LogP contribution in [0.5, 0.6) is 5.75 Å². The Morgan fingerprint density at radius 3 is 2.32 bits per heavy atom. The molecule has 1 spiro atoms. The van der Waals surface area contributed by atoms with Gasteiger partial charge in [0.2, 0.25) is 0 Å². The fraction of sp³-hybridized carbons (Fsp3) is 0.333. The summed E-state index contributed by atoms with van der Waals surface area (Å²) in [6, 6.07) is 17.1. The molecule has 1 fully saturated rings. The Balaban J connectivity index is 1.77. The third-order valence-electron chi connectivity index (χ3n) is 5.91. The van der Waals surface area contributed by atoms with Crippen molar-refractivity contribution in [2.24, 2.45) is 10.8 Å². The summed E-state index contributed by atoms with van der Waals surface area (Å²) in [6.45, 7) is 3.71. The van der Waals surface area contributed by atoms with Gasteiger partial charge in [0.15, 0.2) is 5.78 Å². The fourth-order valence-electron chi connectivity index (χ4n) is 4.48. The molecule has 144 valence electrons. The second kappa shape index (κ2) is 6.62. The Labute approximate surface area is 165 Å². The molecule has 0 radical (unpaired) electrons. The first-order valence-corrected chi connectivity index (χ1v) is 9.53. The molecule has 2 atom stereocenters. The van der Waals surface area contributed by atoms with Gasteiger partial charge in [0.05, 0.1) is 17.9 Å². The number of methoxy groups -OCH3 is 1. The summed E-state index contributed by atoms with van der Waals surface area (Å²) in [7, 11) is 1.61. The standard InChI is InChI=1S/C24H24O4/c1-23(2)15-24(14-13-19(20(24)25)16-7-5-4-6-8-16)21(28-22(23)26)17-9-11-18(27-3)12-10-17/h4-13,21H,14-15H2,1-3H3/t21-,24-/m0/s1. The lowest BCUT2D eigenvalue weighted by Gasteiger charge is -2.46. The quantitative estimate of drug-likeness (QED) is 0.725. The maximum atomic E-state index is 13.7. The van der Waals surface area contributed by atoms with Crippen molar-refractivity contribution in [1.82, 2.24) is 0 Å². The predicted octanol–water partition coefficient (Wildman–Crippen LogP) is 4.75. The van der Waals surface area contributed by atoms with E-state index in [1.54, 1.807) is 7.11 Å². The molecule has 0 aromatic heterocycles. The number of hydrogen-bond acceptors (Lipinski definition) is 4. The summed E-state index contributed by atoms with van der Waals surface area (Å²) in [4.78, 5) is 26.3. The highest BCUT2D eigenvalue weighted by Gasteiger charge is 2.59. The van der Waals surface area contributed by atoms with E-state index in [0.717, 1.165) is 16.9 Å². The number of ether oxygens (including phenoxy) is 2. The number of carbonyl (C=O) groups is 2. The van der Waals surface area contributed by atoms with E-state index in [1.165, 1.54) is 0 Å². The molecule has 0 amide bonds. The lowest BCUT2D eigenvalue weighted by Crippen LogP contribution is -2.49. The highest BCUT2D eigenvalue weighted by molar-refractivity contribution is 6.26. The molecule has 1 saturated heterocycles. The Morgan fingerprint density at radius 1 is 1.00 bits per heavy atom. The van der Waals surface area contributed by atoms with Gasteiger partial charge in [-0.25, -0.2) is 0 Å². The number of Topliss-reactive ketones (excluding diaryl/α,β-unsaturated/α-hetero) is 1. The number of cyclic esters (lactones) is 1. The summed E-state index contributed by atoms with van der Waals surface area (Å²) in [5.41, 5.74) is 0.955. The van der Waals surface area contributed by atoms with E-state index >= 15 is 0 Å². The first-order chi connectivity index (χ1) is 13.4. The van der Waals surface area contributed by atoms with Crippen molar-refractivity contribution < 1.29 is 19.1 Å². The second-order valence-corrected chi connectivity index (χ2v) is 8.29. The molecule has 2 aromatic carbocycles. The van der Waals surface area contributed by atoms with E-state index in [0.29, 0.717) is 18.4 Å². The summed E-state index contributed by atoms with van der Waals surface area (Å²) in [5, 5.41) is 0. The first kappa shape index (κ1) is 18.5. The second-order valence-electron chi connectivity index (χ2n) is 8.29. The SMILES string of the molecule is COc1ccc([C@@H]2OC(=O)C(C)(C)C[C@]23CC=C(c2ccccc2)C3=O)cc1. The molecule has 1 heterocycles. The van der Waals surface area contributed by atoms with Gasteiger partial charge in [0, 0.05) is 5.57 Å². The van der Waals surface area contributed by atoms with E-state index in [2.05, 4.69) is 0 Å². The lowest BCUT2D eigenvalue weighted by atomic mass is 9.63. The largest absolute Gasteiger partial charge is 0.497 e. The van der Waals surface area contributed by atoms with Crippen molar-refractivity contribution in [2.45, 2.75) is 32.8 Å². The molecule has 2 aromatic rings. The van der Waals surface area contributed by atoms with Crippen LogP contribution >= 0.6 is 0 Å². The minimum Gasteiger partial charge on any atom is -0.497 e. The third-order valence-corrected chi connectivity index (χ3v) is 5.91. The molecule has 0 bridgehead atoms. The lowest BCUT2D eigenvalue weighted by molar-refractivity contribution is -0.186. The van der Waals surface area contributed by atoms with Crippen LogP contribution in [0.3, 0.4) is 0 Å². The van der Waals surface area contributed by atoms with Crippen molar-refractivity contribution in [1.29, 1.82) is 0 Å². The molecule has 4 rings (SSSR count). The molecule has 28 heavy (non-hydrogen) atoms. The molecule has 0 saturated carbocycles. The van der Waals surface area contributed by atoms with Crippen LogP contribution in [0.25, 0.3) is 5.57 Å². The van der Waals surface area contributed by atoms with E-state index in [1.807, 2.05) is 74.5 Å². The molecular weight excluding hydrogens is 352 g/mol. The van der Waals surface area contributed by atoms with Crippen molar-refractivity contribution in [3.8, 4) is 5.75 Å². The van der Waals surface area contributed by atoms with Gasteiger partial charge in [0.25, 0.3) is 0 Å². The van der Waals surface area contributed by atoms with Crippen LogP contribution in [0.15, 0.2) is 60.7 Å². The van der Waals surface area contributed by atoms with Crippen LogP contribution in [0.2, 0.25) is 0 Å². The van der Waals surface area contributed by atoms with Gasteiger partial charge in [-0.15, -0.1) is 0 Å². The topological polar surface area (TPSA) is 52.6 Å². The normalized spacial score (nSPS) is 26.1. The van der Waals surface area contributed by atoms with Gasteiger partial charge in [0.1, 0.15) is 11.9 Å². The van der Waals surface area contributed by atoms with Crippen molar-refractivity contribution in [3.05, 3.63) is 71.8 Å². The minimum atomic E-state index is -0.781. The summed E-state index contributed by atoms with van der Waals surface area (Å²) in [5.74, 6) is 0.515. The number of esters is 1. The maximum Gasteiger partial charge on any atom is 0.312 e. The fourth-order valence-corrected chi connectivity index (χ4v) is 4.48. The molecular formula is C24H24O4. The molecule has 0 unspecified atom stereocenters. The Morgan fingerprint density at radius 2 is 1.68 bits per heavy atom. The molecule has 1 aliphatic heterocycles. The Kier molecular flexibility index (Phi) is 4.37. The number of benzene rings is 2. The number of allylic oxidation sites excluding steroid dienone is 2. The number of ketones is 1. The molecule has 1 aliphatic carbocycles. The van der Waals surface area contributed by atoms with Crippen LogP contribution < -0.4 is 4.74 Å². The summed E-state index contributed by atoms with van der Waals surface area (Å²) < 4.78 is 11.2. The zero-order valence-corrected chi connectivity index (χ0v) is 16.4. The van der Waals surface area contributed by atoms with E-state index in [4.69, 9.17) is 9.47 Å². The summed E-state index contributed by atoms with van der Waals surface area (Å²) in [6.07, 6.45) is 2.41. The molecule has 4 nitrogen and oxygen atoms in total. The number of rotatable bonds is 3. The van der Waals surface area contributed by atoms with Gasteiger partial charge < -0.3 is 9.47 Å². The third kappa shape index (κ3) is 2.84. The summed E-state index contributed by atoms with van der Waals surface area (Å²) >= 11 is 0. The van der Waals surface area contributed by atoms with Crippen LogP contribution in [-0.2, 0) is 14.3 Å². The van der Waals surface area contributed by atoms with E-state index in [9.17, 15) is 9.59 Å². The van der Waals surface area contributed by atoms with Crippen molar-refractivity contribution in [2.75, 3.05) is 7.11 Å². The van der Waals surface area contributed by atoms with Gasteiger partial charge in [-0.1, -0.05) is 48.5 Å².